The van der Waals surface area contributed by atoms with E-state index in [1.165, 1.54) is 0 Å². The van der Waals surface area contributed by atoms with E-state index in [9.17, 15) is 0 Å². The molecule has 2 rings (SSSR count). The van der Waals surface area contributed by atoms with Gasteiger partial charge in [0.15, 0.2) is 0 Å². The van der Waals surface area contributed by atoms with E-state index in [0.29, 0.717) is 0 Å². The lowest BCUT2D eigenvalue weighted by molar-refractivity contribution is 0.0140. The third kappa shape index (κ3) is 5.39. The second-order valence-corrected chi connectivity index (χ2v) is 3.00. The SMILES string of the molecule is OC1CCOCC1.c1ccccc1. The highest BCUT2D eigenvalue weighted by molar-refractivity contribution is 4.99. The Morgan fingerprint density at radius 1 is 0.846 bits per heavy atom. The molecule has 1 N–H and O–H groups in total. The molecule has 1 aromatic rings. The summed E-state index contributed by atoms with van der Waals surface area (Å²) in [6, 6.07) is 12.0. The fraction of sp³-hybridized carbons (Fsp3) is 0.455. The van der Waals surface area contributed by atoms with E-state index >= 15 is 0 Å². The fourth-order valence-corrected chi connectivity index (χ4v) is 1.07. The minimum atomic E-state index is -0.0891. The van der Waals surface area contributed by atoms with Crippen LogP contribution in [0.15, 0.2) is 36.4 Å². The van der Waals surface area contributed by atoms with E-state index in [4.69, 9.17) is 9.84 Å². The molecule has 0 saturated carbocycles. The smallest absolute Gasteiger partial charge is 0.0584 e. The monoisotopic (exact) mass is 180 g/mol. The molecule has 72 valence electrons. The molecule has 1 aromatic carbocycles. The summed E-state index contributed by atoms with van der Waals surface area (Å²) in [6.07, 6.45) is 1.55. The average molecular weight is 180 g/mol. The quantitative estimate of drug-likeness (QED) is 0.660. The van der Waals surface area contributed by atoms with E-state index in [-0.39, 0.29) is 6.10 Å². The second-order valence-electron chi connectivity index (χ2n) is 3.00. The molecule has 0 amide bonds. The van der Waals surface area contributed by atoms with Crippen LogP contribution in [0.4, 0.5) is 0 Å². The minimum absolute atomic E-state index is 0.0891. The summed E-state index contributed by atoms with van der Waals surface area (Å²) >= 11 is 0. The molecule has 0 atom stereocenters. The maximum Gasteiger partial charge on any atom is 0.0584 e. The third-order valence-electron chi connectivity index (χ3n) is 1.86. The number of hydrogen-bond acceptors (Lipinski definition) is 2. The molecule has 0 spiro atoms. The van der Waals surface area contributed by atoms with Crippen LogP contribution in [-0.4, -0.2) is 24.4 Å². The van der Waals surface area contributed by atoms with Gasteiger partial charge in [-0.1, -0.05) is 36.4 Å². The van der Waals surface area contributed by atoms with Crippen LogP contribution in [0.3, 0.4) is 0 Å². The molecule has 2 heteroatoms. The molecule has 13 heavy (non-hydrogen) atoms. The number of aliphatic hydroxyl groups is 1. The predicted octanol–water partition coefficient (Wildman–Crippen LogP) is 1.84. The summed E-state index contributed by atoms with van der Waals surface area (Å²) < 4.78 is 4.98. The zero-order valence-electron chi connectivity index (χ0n) is 7.73. The maximum atomic E-state index is 8.83. The van der Waals surface area contributed by atoms with Crippen LogP contribution in [0.2, 0.25) is 0 Å². The summed E-state index contributed by atoms with van der Waals surface area (Å²) in [4.78, 5) is 0. The molecule has 2 nitrogen and oxygen atoms in total. The van der Waals surface area contributed by atoms with Crippen LogP contribution in [0.5, 0.6) is 0 Å². The van der Waals surface area contributed by atoms with E-state index in [2.05, 4.69) is 0 Å². The van der Waals surface area contributed by atoms with Crippen LogP contribution in [-0.2, 0) is 4.74 Å². The normalized spacial score (nSPS) is 17.3. The van der Waals surface area contributed by atoms with Gasteiger partial charge in [-0.25, -0.2) is 0 Å². The Hall–Kier alpha value is -0.860. The molecule has 1 fully saturated rings. The zero-order chi connectivity index (χ0) is 9.36. The van der Waals surface area contributed by atoms with Crippen molar-refractivity contribution in [2.24, 2.45) is 0 Å². The van der Waals surface area contributed by atoms with Crippen LogP contribution >= 0.6 is 0 Å². The van der Waals surface area contributed by atoms with Crippen molar-refractivity contribution >= 4 is 0 Å². The first-order valence-electron chi connectivity index (χ1n) is 4.65. The topological polar surface area (TPSA) is 29.5 Å². The first kappa shape index (κ1) is 10.2. The number of benzene rings is 1. The third-order valence-corrected chi connectivity index (χ3v) is 1.86. The number of rotatable bonds is 0. The summed E-state index contributed by atoms with van der Waals surface area (Å²) in [5.41, 5.74) is 0. The molecule has 0 aliphatic carbocycles. The largest absolute Gasteiger partial charge is 0.393 e. The highest BCUT2D eigenvalue weighted by Crippen LogP contribution is 2.04. The first-order chi connectivity index (χ1) is 6.39. The molecule has 1 saturated heterocycles. The van der Waals surface area contributed by atoms with Gasteiger partial charge in [0, 0.05) is 13.2 Å². The van der Waals surface area contributed by atoms with Crippen molar-refractivity contribution in [3.05, 3.63) is 36.4 Å². The molecule has 0 aromatic heterocycles. The standard InChI is InChI=1S/C6H6.C5H10O2/c1-2-4-6-5-3-1;6-5-1-3-7-4-2-5/h1-6H;5-6H,1-4H2. The Morgan fingerprint density at radius 2 is 1.23 bits per heavy atom. The van der Waals surface area contributed by atoms with E-state index in [1.807, 2.05) is 36.4 Å². The van der Waals surface area contributed by atoms with E-state index < -0.39 is 0 Å². The molecular formula is C11H16O2. The summed E-state index contributed by atoms with van der Waals surface area (Å²) in [7, 11) is 0. The van der Waals surface area contributed by atoms with Gasteiger partial charge in [0.1, 0.15) is 0 Å². The maximum absolute atomic E-state index is 8.83. The van der Waals surface area contributed by atoms with Crippen molar-refractivity contribution in [2.45, 2.75) is 18.9 Å². The lowest BCUT2D eigenvalue weighted by Crippen LogP contribution is -2.19. The molecule has 0 unspecified atom stereocenters. The van der Waals surface area contributed by atoms with Gasteiger partial charge in [-0.15, -0.1) is 0 Å². The van der Waals surface area contributed by atoms with Crippen molar-refractivity contribution in [3.63, 3.8) is 0 Å². The van der Waals surface area contributed by atoms with E-state index in [1.54, 1.807) is 0 Å². The number of hydrogen-bond donors (Lipinski definition) is 1. The molecule has 0 bridgehead atoms. The van der Waals surface area contributed by atoms with E-state index in [0.717, 1.165) is 26.1 Å². The van der Waals surface area contributed by atoms with Gasteiger partial charge in [0.25, 0.3) is 0 Å². The minimum Gasteiger partial charge on any atom is -0.393 e. The molecule has 0 radical (unpaired) electrons. The first-order valence-corrected chi connectivity index (χ1v) is 4.65. The van der Waals surface area contributed by atoms with Crippen molar-refractivity contribution in [2.75, 3.05) is 13.2 Å². The highest BCUT2D eigenvalue weighted by atomic mass is 16.5. The van der Waals surface area contributed by atoms with Gasteiger partial charge in [-0.05, 0) is 12.8 Å². The lowest BCUT2D eigenvalue weighted by atomic mass is 10.2. The number of ether oxygens (including phenoxy) is 1. The van der Waals surface area contributed by atoms with Crippen molar-refractivity contribution in [3.8, 4) is 0 Å². The van der Waals surface area contributed by atoms with Gasteiger partial charge < -0.3 is 9.84 Å². The Morgan fingerprint density at radius 3 is 1.46 bits per heavy atom. The van der Waals surface area contributed by atoms with Gasteiger partial charge in [-0.3, -0.25) is 0 Å². The average Bonchev–Trinajstić information content (AvgIpc) is 2.22. The van der Waals surface area contributed by atoms with Crippen molar-refractivity contribution in [1.29, 1.82) is 0 Å². The van der Waals surface area contributed by atoms with Crippen LogP contribution in [0, 0.1) is 0 Å². The molecule has 1 aliphatic heterocycles. The number of aliphatic hydroxyl groups excluding tert-OH is 1. The van der Waals surface area contributed by atoms with Gasteiger partial charge in [0.05, 0.1) is 6.10 Å². The molecule has 1 heterocycles. The van der Waals surface area contributed by atoms with Gasteiger partial charge >= 0.3 is 0 Å². The Labute approximate surface area is 79.2 Å². The van der Waals surface area contributed by atoms with Crippen LogP contribution in [0.1, 0.15) is 12.8 Å². The van der Waals surface area contributed by atoms with Gasteiger partial charge in [-0.2, -0.15) is 0 Å². The highest BCUT2D eigenvalue weighted by Gasteiger charge is 2.07. The van der Waals surface area contributed by atoms with Crippen LogP contribution < -0.4 is 0 Å². The summed E-state index contributed by atoms with van der Waals surface area (Å²) in [6.45, 7) is 1.47. The Kier molecular flexibility index (Phi) is 5.22. The molecular weight excluding hydrogens is 164 g/mol. The summed E-state index contributed by atoms with van der Waals surface area (Å²) in [5.74, 6) is 0. The van der Waals surface area contributed by atoms with Gasteiger partial charge in [0.2, 0.25) is 0 Å². The van der Waals surface area contributed by atoms with Crippen molar-refractivity contribution < 1.29 is 9.84 Å². The van der Waals surface area contributed by atoms with Crippen molar-refractivity contribution in [1.82, 2.24) is 0 Å². The zero-order valence-corrected chi connectivity index (χ0v) is 7.73. The Bertz CT molecular complexity index is 166. The van der Waals surface area contributed by atoms with Crippen LogP contribution in [0.25, 0.3) is 0 Å². The summed E-state index contributed by atoms with van der Waals surface area (Å²) in [5, 5.41) is 8.83. The second kappa shape index (κ2) is 6.63. The fourth-order valence-electron chi connectivity index (χ4n) is 1.07. The molecule has 1 aliphatic rings. The lowest BCUT2D eigenvalue weighted by Gasteiger charge is -2.15. The Balaban J connectivity index is 0.000000132. The predicted molar refractivity (Wildman–Crippen MR) is 52.5 cm³/mol.